The molecule has 0 atom stereocenters. The molecule has 2 aromatic carbocycles. The van der Waals surface area contributed by atoms with Gasteiger partial charge in [0.2, 0.25) is 0 Å². The summed E-state index contributed by atoms with van der Waals surface area (Å²) in [7, 11) is 0. The number of halogens is 1. The van der Waals surface area contributed by atoms with Gasteiger partial charge in [0.25, 0.3) is 0 Å². The van der Waals surface area contributed by atoms with Gasteiger partial charge in [-0.25, -0.2) is 4.98 Å². The summed E-state index contributed by atoms with van der Waals surface area (Å²) in [5.74, 6) is 0.916. The molecule has 0 unspecified atom stereocenters. The molecule has 24 heavy (non-hydrogen) atoms. The maximum atomic E-state index is 5.64. The van der Waals surface area contributed by atoms with Crippen LogP contribution in [0.15, 0.2) is 59.1 Å². The van der Waals surface area contributed by atoms with E-state index >= 15 is 0 Å². The lowest BCUT2D eigenvalue weighted by Gasteiger charge is -2.25. The highest BCUT2D eigenvalue weighted by Crippen LogP contribution is 2.33. The van der Waals surface area contributed by atoms with Gasteiger partial charge in [-0.05, 0) is 43.9 Å². The average Bonchev–Trinajstić information content (AvgIpc) is 2.63. The van der Waals surface area contributed by atoms with Crippen molar-refractivity contribution in [2.24, 2.45) is 0 Å². The van der Waals surface area contributed by atoms with E-state index in [-0.39, 0.29) is 0 Å². The lowest BCUT2D eigenvalue weighted by molar-refractivity contribution is 0.642. The summed E-state index contributed by atoms with van der Waals surface area (Å²) in [4.78, 5) is 4.84. The number of para-hydroxylation sites is 1. The number of fused-ring (bicyclic) bond motifs is 1. The van der Waals surface area contributed by atoms with Crippen LogP contribution in [-0.4, -0.2) is 9.55 Å². The summed E-state index contributed by atoms with van der Waals surface area (Å²) in [6.45, 7) is 0. The first-order valence-electron chi connectivity index (χ1n) is 8.21. The number of aromatic nitrogens is 2. The molecule has 1 aliphatic carbocycles. The molecule has 0 fully saturated rings. The molecule has 3 aromatic rings. The first kappa shape index (κ1) is 15.7. The van der Waals surface area contributed by atoms with Crippen LogP contribution >= 0.6 is 28.1 Å². The van der Waals surface area contributed by atoms with Crippen LogP contribution in [0.1, 0.15) is 24.1 Å². The van der Waals surface area contributed by atoms with Crippen molar-refractivity contribution < 1.29 is 0 Å². The Morgan fingerprint density at radius 1 is 0.917 bits per heavy atom. The molecule has 0 saturated carbocycles. The third-order valence-electron chi connectivity index (χ3n) is 4.52. The maximum Gasteiger partial charge on any atom is 0.147 e. The molecule has 0 spiro atoms. The molecular weight excluding hydrogens is 380 g/mol. The van der Waals surface area contributed by atoms with Crippen molar-refractivity contribution in [3.05, 3.63) is 75.0 Å². The maximum absolute atomic E-state index is 5.64. The quantitative estimate of drug-likeness (QED) is 0.501. The van der Waals surface area contributed by atoms with E-state index in [1.54, 1.807) is 0 Å². The zero-order valence-electron chi connectivity index (χ0n) is 13.2. The molecule has 0 amide bonds. The third-order valence-corrected chi connectivity index (χ3v) is 5.54. The molecule has 1 aromatic heterocycles. The molecular formula is C20H17BrN2S. The van der Waals surface area contributed by atoms with E-state index in [4.69, 9.17) is 17.2 Å². The Bertz CT molecular complexity index is 948. The van der Waals surface area contributed by atoms with Gasteiger partial charge in [-0.2, -0.15) is 0 Å². The molecule has 0 bridgehead atoms. The van der Waals surface area contributed by atoms with Crippen LogP contribution in [0.2, 0.25) is 0 Å². The summed E-state index contributed by atoms with van der Waals surface area (Å²) in [6, 6.07) is 18.7. The van der Waals surface area contributed by atoms with Crippen molar-refractivity contribution in [3.63, 3.8) is 0 Å². The van der Waals surface area contributed by atoms with Gasteiger partial charge in [-0.3, -0.25) is 4.57 Å². The van der Waals surface area contributed by atoms with Crippen molar-refractivity contribution >= 4 is 28.1 Å². The fourth-order valence-corrected chi connectivity index (χ4v) is 4.15. The zero-order chi connectivity index (χ0) is 16.5. The van der Waals surface area contributed by atoms with Crippen molar-refractivity contribution in [1.82, 2.24) is 9.55 Å². The van der Waals surface area contributed by atoms with E-state index < -0.39 is 0 Å². The molecule has 4 heteroatoms. The van der Waals surface area contributed by atoms with Gasteiger partial charge < -0.3 is 0 Å². The lowest BCUT2D eigenvalue weighted by atomic mass is 9.96. The Morgan fingerprint density at radius 2 is 1.62 bits per heavy atom. The fraction of sp³-hybridized carbons (Fsp3) is 0.200. The first-order chi connectivity index (χ1) is 11.8. The van der Waals surface area contributed by atoms with E-state index in [9.17, 15) is 0 Å². The summed E-state index contributed by atoms with van der Waals surface area (Å²) >= 11 is 9.31. The van der Waals surface area contributed by atoms with Crippen LogP contribution in [-0.2, 0) is 12.8 Å². The van der Waals surface area contributed by atoms with E-state index in [0.717, 1.165) is 39.0 Å². The Labute approximate surface area is 155 Å². The van der Waals surface area contributed by atoms with Crippen LogP contribution < -0.4 is 0 Å². The van der Waals surface area contributed by atoms with Crippen molar-refractivity contribution in [2.75, 3.05) is 0 Å². The van der Waals surface area contributed by atoms with Gasteiger partial charge in [0.15, 0.2) is 0 Å². The second kappa shape index (κ2) is 6.61. The normalized spacial score (nSPS) is 13.5. The molecule has 1 heterocycles. The van der Waals surface area contributed by atoms with Crippen LogP contribution in [0.4, 0.5) is 0 Å². The third kappa shape index (κ3) is 2.74. The van der Waals surface area contributed by atoms with Gasteiger partial charge in [0.05, 0.1) is 0 Å². The fourth-order valence-electron chi connectivity index (χ4n) is 3.39. The summed E-state index contributed by atoms with van der Waals surface area (Å²) in [5.41, 5.74) is 4.78. The number of hydrogen-bond acceptors (Lipinski definition) is 2. The Morgan fingerprint density at radius 3 is 2.42 bits per heavy atom. The SMILES string of the molecule is S=c1nc(-c2ccccc2Br)n(-c2ccccc2)c2c1CCCC2. The van der Waals surface area contributed by atoms with Crippen molar-refractivity contribution in [2.45, 2.75) is 25.7 Å². The molecule has 0 saturated heterocycles. The van der Waals surface area contributed by atoms with E-state index in [1.165, 1.54) is 24.1 Å². The average molecular weight is 397 g/mol. The second-order valence-corrected chi connectivity index (χ2v) is 7.26. The van der Waals surface area contributed by atoms with E-state index in [2.05, 4.69) is 56.9 Å². The van der Waals surface area contributed by atoms with Crippen molar-refractivity contribution in [3.8, 4) is 17.1 Å². The minimum absolute atomic E-state index is 0.752. The molecule has 120 valence electrons. The first-order valence-corrected chi connectivity index (χ1v) is 9.41. The highest BCUT2D eigenvalue weighted by Gasteiger charge is 2.21. The summed E-state index contributed by atoms with van der Waals surface area (Å²) in [6.07, 6.45) is 4.48. The zero-order valence-corrected chi connectivity index (χ0v) is 15.6. The van der Waals surface area contributed by atoms with Gasteiger partial charge >= 0.3 is 0 Å². The van der Waals surface area contributed by atoms with Gasteiger partial charge in [-0.15, -0.1) is 0 Å². The molecule has 4 rings (SSSR count). The monoisotopic (exact) mass is 396 g/mol. The minimum atomic E-state index is 0.752. The smallest absolute Gasteiger partial charge is 0.147 e. The number of nitrogens with zero attached hydrogens (tertiary/aromatic N) is 2. The Hall–Kier alpha value is -1.78. The highest BCUT2D eigenvalue weighted by molar-refractivity contribution is 9.10. The molecule has 1 aliphatic rings. The van der Waals surface area contributed by atoms with Crippen LogP contribution in [0.3, 0.4) is 0 Å². The predicted molar refractivity (Wildman–Crippen MR) is 104 cm³/mol. The van der Waals surface area contributed by atoms with Gasteiger partial charge in [-0.1, -0.05) is 64.5 Å². The van der Waals surface area contributed by atoms with E-state index in [1.807, 2.05) is 18.2 Å². The van der Waals surface area contributed by atoms with Crippen LogP contribution in [0.25, 0.3) is 17.1 Å². The van der Waals surface area contributed by atoms with E-state index in [0.29, 0.717) is 0 Å². The molecule has 2 nitrogen and oxygen atoms in total. The molecule has 0 aliphatic heterocycles. The highest BCUT2D eigenvalue weighted by atomic mass is 79.9. The van der Waals surface area contributed by atoms with Gasteiger partial charge in [0, 0.05) is 27.0 Å². The summed E-state index contributed by atoms with van der Waals surface area (Å²) < 4.78 is 4.08. The summed E-state index contributed by atoms with van der Waals surface area (Å²) in [5, 5.41) is 0. The van der Waals surface area contributed by atoms with Crippen LogP contribution in [0, 0.1) is 4.64 Å². The Balaban J connectivity index is 2.08. The number of hydrogen-bond donors (Lipinski definition) is 0. The molecule has 0 N–H and O–H groups in total. The number of benzene rings is 2. The van der Waals surface area contributed by atoms with Crippen LogP contribution in [0.5, 0.6) is 0 Å². The minimum Gasteiger partial charge on any atom is -0.298 e. The predicted octanol–water partition coefficient (Wildman–Crippen LogP) is 5.91. The van der Waals surface area contributed by atoms with Crippen molar-refractivity contribution in [1.29, 1.82) is 0 Å². The lowest BCUT2D eigenvalue weighted by Crippen LogP contribution is -2.17. The largest absolute Gasteiger partial charge is 0.298 e. The van der Waals surface area contributed by atoms with Gasteiger partial charge in [0.1, 0.15) is 10.5 Å². The number of rotatable bonds is 2. The Kier molecular flexibility index (Phi) is 4.33. The topological polar surface area (TPSA) is 17.8 Å². The molecule has 0 radical (unpaired) electrons. The second-order valence-electron chi connectivity index (χ2n) is 6.02. The standard InChI is InChI=1S/C20H17BrN2S/c21-17-12-6-4-10-15(17)19-22-20(24)16-11-5-7-13-18(16)23(19)14-8-2-1-3-9-14/h1-4,6,8-10,12H,5,7,11,13H2.